The molecule has 3 aromatic rings. The number of carbonyl (C=O) groups excluding carboxylic acids is 1. The number of nitrogens with zero attached hydrogens (tertiary/aromatic N) is 4. The predicted molar refractivity (Wildman–Crippen MR) is 97.0 cm³/mol. The quantitative estimate of drug-likeness (QED) is 0.775. The second kappa shape index (κ2) is 6.44. The molecule has 4 rings (SSSR count). The molecule has 0 bridgehead atoms. The maximum atomic E-state index is 12.4. The van der Waals surface area contributed by atoms with Crippen LogP contribution in [-0.2, 0) is 4.79 Å². The number of aromatic nitrogens is 3. The molecular formula is C17H19N5O2S. The van der Waals surface area contributed by atoms with E-state index in [4.69, 9.17) is 4.52 Å². The number of hydrogen-bond acceptors (Lipinski definition) is 7. The van der Waals surface area contributed by atoms with Crippen molar-refractivity contribution in [2.45, 2.75) is 26.7 Å². The second-order valence-corrected chi connectivity index (χ2v) is 7.58. The van der Waals surface area contributed by atoms with Crippen molar-refractivity contribution in [3.63, 3.8) is 0 Å². The second-order valence-electron chi connectivity index (χ2n) is 6.35. The standard InChI is InChI=1S/C17H19N5O2S/c1-10-7-14(21-24-10)20-16(23)12-3-5-22(6-4-12)15-13-8-11(2)25-17(13)19-9-18-15/h7-9,12H,3-6H2,1-2H3,(H,20,21,23). The van der Waals surface area contributed by atoms with E-state index in [2.05, 4.69) is 38.3 Å². The van der Waals surface area contributed by atoms with Crippen molar-refractivity contribution < 1.29 is 9.32 Å². The summed E-state index contributed by atoms with van der Waals surface area (Å²) < 4.78 is 4.98. The average Bonchev–Trinajstić information content (AvgIpc) is 3.19. The molecule has 1 fully saturated rings. The van der Waals surface area contributed by atoms with E-state index in [1.165, 1.54) is 4.88 Å². The average molecular weight is 357 g/mol. The van der Waals surface area contributed by atoms with Gasteiger partial charge in [-0.2, -0.15) is 0 Å². The van der Waals surface area contributed by atoms with Crippen LogP contribution in [0.1, 0.15) is 23.5 Å². The lowest BCUT2D eigenvalue weighted by atomic mass is 9.96. The molecular weight excluding hydrogens is 338 g/mol. The van der Waals surface area contributed by atoms with E-state index in [1.54, 1.807) is 30.7 Å². The Hall–Kier alpha value is -2.48. The zero-order valence-electron chi connectivity index (χ0n) is 14.2. The monoisotopic (exact) mass is 357 g/mol. The highest BCUT2D eigenvalue weighted by Crippen LogP contribution is 2.32. The van der Waals surface area contributed by atoms with Gasteiger partial charge in [-0.25, -0.2) is 9.97 Å². The van der Waals surface area contributed by atoms with Gasteiger partial charge in [-0.15, -0.1) is 11.3 Å². The molecule has 1 aliphatic rings. The molecule has 8 heteroatoms. The van der Waals surface area contributed by atoms with Crippen molar-refractivity contribution in [2.24, 2.45) is 5.92 Å². The fraction of sp³-hybridized carbons (Fsp3) is 0.412. The van der Waals surface area contributed by atoms with Crippen LogP contribution in [0.3, 0.4) is 0 Å². The lowest BCUT2D eigenvalue weighted by Crippen LogP contribution is -2.38. The smallest absolute Gasteiger partial charge is 0.228 e. The number of carbonyl (C=O) groups is 1. The maximum Gasteiger partial charge on any atom is 0.228 e. The first kappa shape index (κ1) is 16.0. The summed E-state index contributed by atoms with van der Waals surface area (Å²) in [6.07, 6.45) is 3.20. The van der Waals surface area contributed by atoms with Gasteiger partial charge < -0.3 is 14.7 Å². The molecule has 130 valence electrons. The number of amides is 1. The van der Waals surface area contributed by atoms with Crippen LogP contribution in [0, 0.1) is 19.8 Å². The maximum absolute atomic E-state index is 12.4. The van der Waals surface area contributed by atoms with Crippen LogP contribution >= 0.6 is 11.3 Å². The highest BCUT2D eigenvalue weighted by atomic mass is 32.1. The van der Waals surface area contributed by atoms with Crippen molar-refractivity contribution in [3.8, 4) is 0 Å². The number of thiophene rings is 1. The fourth-order valence-corrected chi connectivity index (χ4v) is 4.06. The molecule has 1 saturated heterocycles. The molecule has 0 saturated carbocycles. The van der Waals surface area contributed by atoms with Gasteiger partial charge in [0, 0.05) is 30.0 Å². The molecule has 7 nitrogen and oxygen atoms in total. The van der Waals surface area contributed by atoms with E-state index in [1.807, 2.05) is 0 Å². The molecule has 0 unspecified atom stereocenters. The van der Waals surface area contributed by atoms with Gasteiger partial charge in [0.05, 0.1) is 5.39 Å². The Kier molecular flexibility index (Phi) is 4.12. The molecule has 1 N–H and O–H groups in total. The minimum atomic E-state index is -0.0187. The Balaban J connectivity index is 1.43. The van der Waals surface area contributed by atoms with E-state index in [0.717, 1.165) is 42.0 Å². The first-order valence-corrected chi connectivity index (χ1v) is 9.12. The van der Waals surface area contributed by atoms with Crippen molar-refractivity contribution >= 4 is 39.1 Å². The van der Waals surface area contributed by atoms with Crippen molar-refractivity contribution in [1.82, 2.24) is 15.1 Å². The molecule has 0 atom stereocenters. The van der Waals surface area contributed by atoms with Crippen LogP contribution in [0.4, 0.5) is 11.6 Å². The molecule has 4 heterocycles. The molecule has 1 aliphatic heterocycles. The Morgan fingerprint density at radius 3 is 2.80 bits per heavy atom. The third-order valence-electron chi connectivity index (χ3n) is 4.48. The van der Waals surface area contributed by atoms with Crippen LogP contribution in [0.25, 0.3) is 10.2 Å². The number of piperidine rings is 1. The number of fused-ring (bicyclic) bond motifs is 1. The summed E-state index contributed by atoms with van der Waals surface area (Å²) in [6, 6.07) is 3.87. The lowest BCUT2D eigenvalue weighted by Gasteiger charge is -2.32. The van der Waals surface area contributed by atoms with Gasteiger partial charge >= 0.3 is 0 Å². The number of anilines is 2. The molecule has 1 amide bonds. The Morgan fingerprint density at radius 1 is 1.28 bits per heavy atom. The lowest BCUT2D eigenvalue weighted by molar-refractivity contribution is -0.120. The SMILES string of the molecule is Cc1cc(NC(=O)C2CCN(c3ncnc4sc(C)cc34)CC2)no1. The summed E-state index contributed by atoms with van der Waals surface area (Å²) in [5, 5.41) is 7.75. The summed E-state index contributed by atoms with van der Waals surface area (Å²) in [7, 11) is 0. The minimum Gasteiger partial charge on any atom is -0.360 e. The van der Waals surface area contributed by atoms with E-state index in [-0.39, 0.29) is 11.8 Å². The van der Waals surface area contributed by atoms with Crippen LogP contribution in [-0.4, -0.2) is 34.1 Å². The van der Waals surface area contributed by atoms with Gasteiger partial charge in [0.1, 0.15) is 22.7 Å². The first-order valence-electron chi connectivity index (χ1n) is 8.30. The summed E-state index contributed by atoms with van der Waals surface area (Å²) in [5.74, 6) is 2.13. The van der Waals surface area contributed by atoms with Gasteiger partial charge in [0.25, 0.3) is 0 Å². The minimum absolute atomic E-state index is 0.00663. The highest BCUT2D eigenvalue weighted by molar-refractivity contribution is 7.18. The molecule has 0 spiro atoms. The van der Waals surface area contributed by atoms with Crippen molar-refractivity contribution in [1.29, 1.82) is 0 Å². The Bertz CT molecular complexity index is 911. The fourth-order valence-electron chi connectivity index (χ4n) is 3.22. The molecule has 0 aromatic carbocycles. The van der Waals surface area contributed by atoms with Crippen LogP contribution in [0.5, 0.6) is 0 Å². The highest BCUT2D eigenvalue weighted by Gasteiger charge is 2.27. The molecule has 0 aliphatic carbocycles. The summed E-state index contributed by atoms with van der Waals surface area (Å²) in [6.45, 7) is 5.49. The Morgan fingerprint density at radius 2 is 2.08 bits per heavy atom. The zero-order valence-corrected chi connectivity index (χ0v) is 15.0. The molecule has 3 aromatic heterocycles. The van der Waals surface area contributed by atoms with E-state index >= 15 is 0 Å². The van der Waals surface area contributed by atoms with Gasteiger partial charge in [0.2, 0.25) is 5.91 Å². The first-order chi connectivity index (χ1) is 12.1. The van der Waals surface area contributed by atoms with Gasteiger partial charge in [-0.05, 0) is 32.8 Å². The zero-order chi connectivity index (χ0) is 17.4. The van der Waals surface area contributed by atoms with E-state index in [0.29, 0.717) is 11.6 Å². The largest absolute Gasteiger partial charge is 0.360 e. The van der Waals surface area contributed by atoms with Gasteiger partial charge in [-0.1, -0.05) is 5.16 Å². The third kappa shape index (κ3) is 3.21. The summed E-state index contributed by atoms with van der Waals surface area (Å²) in [5.41, 5.74) is 0. The van der Waals surface area contributed by atoms with Crippen molar-refractivity contribution in [2.75, 3.05) is 23.3 Å². The Labute approximate surface area is 149 Å². The van der Waals surface area contributed by atoms with Crippen LogP contribution in [0.2, 0.25) is 0 Å². The molecule has 0 radical (unpaired) electrons. The van der Waals surface area contributed by atoms with Crippen molar-refractivity contribution in [3.05, 3.63) is 29.1 Å². The number of hydrogen-bond donors (Lipinski definition) is 1. The summed E-state index contributed by atoms with van der Waals surface area (Å²) >= 11 is 1.68. The third-order valence-corrected chi connectivity index (χ3v) is 5.43. The van der Waals surface area contributed by atoms with Gasteiger partial charge in [-0.3, -0.25) is 4.79 Å². The predicted octanol–water partition coefficient (Wildman–Crippen LogP) is 3.15. The number of aryl methyl sites for hydroxylation is 2. The normalized spacial score (nSPS) is 15.7. The van der Waals surface area contributed by atoms with E-state index < -0.39 is 0 Å². The van der Waals surface area contributed by atoms with E-state index in [9.17, 15) is 4.79 Å². The summed E-state index contributed by atoms with van der Waals surface area (Å²) in [4.78, 5) is 25.7. The van der Waals surface area contributed by atoms with Crippen LogP contribution in [0.15, 0.2) is 23.0 Å². The number of rotatable bonds is 3. The van der Waals surface area contributed by atoms with Crippen LogP contribution < -0.4 is 10.2 Å². The topological polar surface area (TPSA) is 84.2 Å². The number of nitrogens with one attached hydrogen (secondary N) is 1. The molecule has 25 heavy (non-hydrogen) atoms. The van der Waals surface area contributed by atoms with Gasteiger partial charge in [0.15, 0.2) is 5.82 Å².